The molecule has 2 N–H and O–H groups in total. The molecule has 1 aromatic carbocycles. The largest absolute Gasteiger partial charge is 0.486 e. The molecule has 1 spiro atoms. The van der Waals surface area contributed by atoms with Crippen LogP contribution in [0.3, 0.4) is 0 Å². The number of nitrogens with zero attached hydrogens (tertiary/aromatic N) is 3. The minimum absolute atomic E-state index is 0.102. The van der Waals surface area contributed by atoms with Gasteiger partial charge in [-0.1, -0.05) is 6.07 Å². The van der Waals surface area contributed by atoms with Crippen LogP contribution in [0, 0.1) is 0 Å². The van der Waals surface area contributed by atoms with Gasteiger partial charge in [-0.2, -0.15) is 0 Å². The SMILES string of the molecule is CC(=O)O.CC(C)n1cnnc1COc1ccc2c(c1)CCOC21CCNCC1. The Kier molecular flexibility index (Phi) is 6.87. The Balaban J connectivity index is 0.000000552. The number of hydrogen-bond donors (Lipinski definition) is 2. The molecule has 0 unspecified atom stereocenters. The Hall–Kier alpha value is -2.45. The van der Waals surface area contributed by atoms with Gasteiger partial charge in [0.15, 0.2) is 5.82 Å². The van der Waals surface area contributed by atoms with Crippen LogP contribution in [0.15, 0.2) is 24.5 Å². The summed E-state index contributed by atoms with van der Waals surface area (Å²) in [5.41, 5.74) is 2.60. The van der Waals surface area contributed by atoms with E-state index in [2.05, 4.69) is 47.6 Å². The Morgan fingerprint density at radius 3 is 2.79 bits per heavy atom. The average Bonchev–Trinajstić information content (AvgIpc) is 3.16. The Labute approximate surface area is 171 Å². The van der Waals surface area contributed by atoms with Gasteiger partial charge in [-0.15, -0.1) is 10.2 Å². The lowest BCUT2D eigenvalue weighted by molar-refractivity contribution is -0.134. The molecular weight excluding hydrogens is 372 g/mol. The fraction of sp³-hybridized carbons (Fsp3) is 0.571. The highest BCUT2D eigenvalue weighted by Crippen LogP contribution is 2.41. The molecule has 2 aliphatic rings. The molecule has 2 aliphatic heterocycles. The van der Waals surface area contributed by atoms with Gasteiger partial charge in [0.25, 0.3) is 5.97 Å². The van der Waals surface area contributed by atoms with Gasteiger partial charge < -0.3 is 24.5 Å². The molecule has 0 bridgehead atoms. The maximum absolute atomic E-state index is 9.00. The molecule has 0 saturated carbocycles. The number of hydrogen-bond acceptors (Lipinski definition) is 6. The summed E-state index contributed by atoms with van der Waals surface area (Å²) in [7, 11) is 0. The lowest BCUT2D eigenvalue weighted by Gasteiger charge is -2.42. The van der Waals surface area contributed by atoms with E-state index in [1.165, 1.54) is 11.1 Å². The second kappa shape index (κ2) is 9.37. The molecule has 0 amide bonds. The molecule has 0 atom stereocenters. The smallest absolute Gasteiger partial charge is 0.300 e. The van der Waals surface area contributed by atoms with Crippen LogP contribution >= 0.6 is 0 Å². The zero-order valence-corrected chi connectivity index (χ0v) is 17.4. The fourth-order valence-electron chi connectivity index (χ4n) is 3.94. The van der Waals surface area contributed by atoms with Gasteiger partial charge in [0.1, 0.15) is 18.7 Å². The first-order valence-corrected chi connectivity index (χ1v) is 10.1. The monoisotopic (exact) mass is 402 g/mol. The summed E-state index contributed by atoms with van der Waals surface area (Å²) in [6, 6.07) is 6.77. The second-order valence-electron chi connectivity index (χ2n) is 7.72. The first-order chi connectivity index (χ1) is 13.9. The van der Waals surface area contributed by atoms with Crippen LogP contribution in [0.1, 0.15) is 56.6 Å². The second-order valence-corrected chi connectivity index (χ2v) is 7.72. The zero-order chi connectivity index (χ0) is 20.9. The van der Waals surface area contributed by atoms with E-state index >= 15 is 0 Å². The van der Waals surface area contributed by atoms with E-state index in [0.29, 0.717) is 12.6 Å². The summed E-state index contributed by atoms with van der Waals surface area (Å²) in [5.74, 6) is 0.911. The molecule has 8 nitrogen and oxygen atoms in total. The van der Waals surface area contributed by atoms with Crippen molar-refractivity contribution in [1.82, 2.24) is 20.1 Å². The van der Waals surface area contributed by atoms with Crippen molar-refractivity contribution >= 4 is 5.97 Å². The normalized spacial score (nSPS) is 17.4. The fourth-order valence-corrected chi connectivity index (χ4v) is 3.94. The number of rotatable bonds is 4. The number of benzene rings is 1. The predicted octanol–water partition coefficient (Wildman–Crippen LogP) is 2.68. The zero-order valence-electron chi connectivity index (χ0n) is 17.4. The van der Waals surface area contributed by atoms with Crippen LogP contribution < -0.4 is 10.1 Å². The highest BCUT2D eigenvalue weighted by Gasteiger charge is 2.38. The molecule has 1 aromatic heterocycles. The lowest BCUT2D eigenvalue weighted by Crippen LogP contribution is -2.44. The van der Waals surface area contributed by atoms with Crippen LogP contribution in [-0.2, 0) is 28.2 Å². The molecule has 4 rings (SSSR count). The summed E-state index contributed by atoms with van der Waals surface area (Å²) in [5, 5.41) is 19.0. The number of ether oxygens (including phenoxy) is 2. The van der Waals surface area contributed by atoms with Gasteiger partial charge in [0.05, 0.1) is 12.2 Å². The van der Waals surface area contributed by atoms with Gasteiger partial charge in [0, 0.05) is 13.0 Å². The molecule has 1 fully saturated rings. The van der Waals surface area contributed by atoms with E-state index in [1.54, 1.807) is 6.33 Å². The molecular formula is C21H30N4O4. The third-order valence-corrected chi connectivity index (χ3v) is 5.30. The summed E-state index contributed by atoms with van der Waals surface area (Å²) < 4.78 is 14.3. The molecule has 1 saturated heterocycles. The minimum atomic E-state index is -0.833. The maximum Gasteiger partial charge on any atom is 0.300 e. The average molecular weight is 402 g/mol. The van der Waals surface area contributed by atoms with Crippen LogP contribution in [-0.4, -0.2) is 45.5 Å². The maximum atomic E-state index is 9.00. The molecule has 0 aliphatic carbocycles. The molecule has 8 heteroatoms. The van der Waals surface area contributed by atoms with Crippen molar-refractivity contribution in [1.29, 1.82) is 0 Å². The first kappa shape index (κ1) is 21.3. The minimum Gasteiger partial charge on any atom is -0.486 e. The highest BCUT2D eigenvalue weighted by molar-refractivity contribution is 5.62. The highest BCUT2D eigenvalue weighted by atomic mass is 16.5. The number of fused-ring (bicyclic) bond motifs is 2. The van der Waals surface area contributed by atoms with Gasteiger partial charge in [-0.05, 0) is 69.5 Å². The molecule has 2 aromatic rings. The van der Waals surface area contributed by atoms with E-state index in [-0.39, 0.29) is 5.60 Å². The third-order valence-electron chi connectivity index (χ3n) is 5.30. The number of carboxylic acids is 1. The van der Waals surface area contributed by atoms with E-state index in [9.17, 15) is 0 Å². The van der Waals surface area contributed by atoms with E-state index in [0.717, 1.165) is 57.5 Å². The third kappa shape index (κ3) is 5.13. The van der Waals surface area contributed by atoms with Gasteiger partial charge in [-0.3, -0.25) is 4.79 Å². The van der Waals surface area contributed by atoms with Gasteiger partial charge in [0.2, 0.25) is 0 Å². The van der Waals surface area contributed by atoms with Crippen molar-refractivity contribution in [3.63, 3.8) is 0 Å². The van der Waals surface area contributed by atoms with Crippen LogP contribution in [0.2, 0.25) is 0 Å². The van der Waals surface area contributed by atoms with Crippen LogP contribution in [0.5, 0.6) is 5.75 Å². The van der Waals surface area contributed by atoms with Crippen molar-refractivity contribution in [3.05, 3.63) is 41.5 Å². The molecule has 3 heterocycles. The predicted molar refractivity (Wildman–Crippen MR) is 108 cm³/mol. The number of aromatic nitrogens is 3. The van der Waals surface area contributed by atoms with Crippen molar-refractivity contribution < 1.29 is 19.4 Å². The van der Waals surface area contributed by atoms with E-state index in [1.807, 2.05) is 4.57 Å². The van der Waals surface area contributed by atoms with Crippen molar-refractivity contribution in [2.24, 2.45) is 0 Å². The number of carboxylic acid groups (broad SMARTS) is 1. The van der Waals surface area contributed by atoms with Gasteiger partial charge >= 0.3 is 0 Å². The number of carbonyl (C=O) groups is 1. The summed E-state index contributed by atoms with van der Waals surface area (Å²) in [4.78, 5) is 9.00. The molecule has 0 radical (unpaired) electrons. The van der Waals surface area contributed by atoms with Gasteiger partial charge in [-0.25, -0.2) is 0 Å². The van der Waals surface area contributed by atoms with Crippen molar-refractivity contribution in [2.75, 3.05) is 19.7 Å². The number of nitrogens with one attached hydrogen (secondary N) is 1. The van der Waals surface area contributed by atoms with Crippen LogP contribution in [0.25, 0.3) is 0 Å². The van der Waals surface area contributed by atoms with Crippen molar-refractivity contribution in [3.8, 4) is 5.75 Å². The summed E-state index contributed by atoms with van der Waals surface area (Å²) >= 11 is 0. The quantitative estimate of drug-likeness (QED) is 0.811. The van der Waals surface area contributed by atoms with Crippen molar-refractivity contribution in [2.45, 2.75) is 58.3 Å². The Morgan fingerprint density at radius 1 is 1.38 bits per heavy atom. The molecule has 29 heavy (non-hydrogen) atoms. The summed E-state index contributed by atoms with van der Waals surface area (Å²) in [6.07, 6.45) is 4.79. The van der Waals surface area contributed by atoms with Crippen LogP contribution in [0.4, 0.5) is 0 Å². The van der Waals surface area contributed by atoms with E-state index in [4.69, 9.17) is 19.4 Å². The summed E-state index contributed by atoms with van der Waals surface area (Å²) in [6.45, 7) is 8.57. The topological polar surface area (TPSA) is 98.5 Å². The lowest BCUT2D eigenvalue weighted by atomic mass is 9.80. The first-order valence-electron chi connectivity index (χ1n) is 10.1. The Morgan fingerprint density at radius 2 is 2.10 bits per heavy atom. The number of aliphatic carboxylic acids is 1. The van der Waals surface area contributed by atoms with E-state index < -0.39 is 5.97 Å². The Bertz CT molecular complexity index is 824. The standard InChI is InChI=1S/C19H26N4O2.C2H4O2/c1-14(2)23-13-21-22-18(23)12-24-16-3-4-17-15(11-16)5-10-25-19(17)6-8-20-9-7-19;1-2(3)4/h3-4,11,13-14,20H,5-10,12H2,1-2H3;1H3,(H,3,4). The number of piperidine rings is 1. The molecule has 158 valence electrons.